The first-order valence-electron chi connectivity index (χ1n) is 11.2. The molecule has 3 saturated heterocycles. The zero-order valence-corrected chi connectivity index (χ0v) is 18.6. The maximum absolute atomic E-state index is 13.3. The Kier molecular flexibility index (Phi) is 6.71. The quantitative estimate of drug-likeness (QED) is 0.683. The molecule has 1 aromatic heterocycles. The summed E-state index contributed by atoms with van der Waals surface area (Å²) in [6, 6.07) is -0.00795. The number of carbonyl (C=O) groups is 2. The second-order valence-electron chi connectivity index (χ2n) is 9.10. The van der Waals surface area contributed by atoms with Gasteiger partial charge in [-0.3, -0.25) is 14.5 Å². The highest BCUT2D eigenvalue weighted by atomic mass is 16.5. The van der Waals surface area contributed by atoms with Crippen LogP contribution in [0.25, 0.3) is 0 Å². The van der Waals surface area contributed by atoms with Gasteiger partial charge in [-0.05, 0) is 32.1 Å². The molecule has 31 heavy (non-hydrogen) atoms. The van der Waals surface area contributed by atoms with Crippen LogP contribution in [-0.2, 0) is 20.9 Å². The van der Waals surface area contributed by atoms with E-state index in [1.165, 1.54) is 0 Å². The average Bonchev–Trinajstić information content (AvgIpc) is 2.75. The molecule has 0 radical (unpaired) electrons. The van der Waals surface area contributed by atoms with Gasteiger partial charge in [0.1, 0.15) is 6.04 Å². The van der Waals surface area contributed by atoms with Crippen molar-refractivity contribution in [2.45, 2.75) is 57.3 Å². The Bertz CT molecular complexity index is 789. The fourth-order valence-corrected chi connectivity index (χ4v) is 5.63. The maximum Gasteiger partial charge on any atom is 0.316 e. The molecule has 0 aromatic carbocycles. The molecule has 1 N–H and O–H groups in total. The van der Waals surface area contributed by atoms with Crippen LogP contribution >= 0.6 is 0 Å². The largest absolute Gasteiger partial charge is 0.467 e. The topological polar surface area (TPSA) is 96.9 Å². The molecule has 0 spiro atoms. The summed E-state index contributed by atoms with van der Waals surface area (Å²) < 4.78 is 10.2. The molecule has 9 heteroatoms. The van der Waals surface area contributed by atoms with E-state index >= 15 is 0 Å². The lowest BCUT2D eigenvalue weighted by atomic mass is 9.71. The predicted octanol–water partition coefficient (Wildman–Crippen LogP) is 0.838. The third kappa shape index (κ3) is 4.67. The van der Waals surface area contributed by atoms with Crippen molar-refractivity contribution >= 4 is 11.8 Å². The Hall–Kier alpha value is -2.26. The van der Waals surface area contributed by atoms with Crippen molar-refractivity contribution in [2.75, 3.05) is 33.9 Å². The number of carbonyl (C=O) groups excluding carboxylic acids is 2. The van der Waals surface area contributed by atoms with Crippen LogP contribution in [0.5, 0.6) is 6.01 Å². The number of fused-ring (bicyclic) bond motifs is 4. The Morgan fingerprint density at radius 2 is 2.00 bits per heavy atom. The lowest BCUT2D eigenvalue weighted by Gasteiger charge is -2.56. The molecule has 0 unspecified atom stereocenters. The van der Waals surface area contributed by atoms with Crippen molar-refractivity contribution < 1.29 is 19.1 Å². The maximum atomic E-state index is 13.3. The number of rotatable bonds is 7. The van der Waals surface area contributed by atoms with Crippen LogP contribution in [0, 0.1) is 11.8 Å². The number of amides is 2. The van der Waals surface area contributed by atoms with Crippen LogP contribution in [0.2, 0.25) is 0 Å². The first kappa shape index (κ1) is 22.0. The van der Waals surface area contributed by atoms with Gasteiger partial charge < -0.3 is 19.7 Å². The number of ether oxygens (including phenoxy) is 2. The van der Waals surface area contributed by atoms with Crippen LogP contribution in [-0.4, -0.2) is 83.6 Å². The number of piperidine rings is 3. The monoisotopic (exact) mass is 431 g/mol. The SMILES string of the molecule is COC[C@H](C)NC(=O)[C@H]1[C@H]2C[C@H](CN(Cc3cnc(OC)nc3)C2)[C@@H]2CCCC(=O)N21. The van der Waals surface area contributed by atoms with Crippen molar-refractivity contribution in [3.63, 3.8) is 0 Å². The van der Waals surface area contributed by atoms with Crippen LogP contribution in [0.3, 0.4) is 0 Å². The lowest BCUT2D eigenvalue weighted by molar-refractivity contribution is -0.161. The molecular formula is C22H33N5O4. The van der Waals surface area contributed by atoms with Gasteiger partial charge in [0.2, 0.25) is 11.8 Å². The van der Waals surface area contributed by atoms with Gasteiger partial charge in [0.05, 0.1) is 13.7 Å². The smallest absolute Gasteiger partial charge is 0.316 e. The van der Waals surface area contributed by atoms with Crippen molar-refractivity contribution in [3.8, 4) is 6.01 Å². The third-order valence-corrected chi connectivity index (χ3v) is 6.76. The number of methoxy groups -OCH3 is 2. The molecule has 4 rings (SSSR count). The molecule has 3 fully saturated rings. The minimum Gasteiger partial charge on any atom is -0.467 e. The second-order valence-corrected chi connectivity index (χ2v) is 9.10. The van der Waals surface area contributed by atoms with E-state index < -0.39 is 6.04 Å². The molecule has 9 nitrogen and oxygen atoms in total. The van der Waals surface area contributed by atoms with E-state index in [-0.39, 0.29) is 29.8 Å². The van der Waals surface area contributed by atoms with Gasteiger partial charge in [-0.1, -0.05) is 0 Å². The molecule has 3 aliphatic rings. The van der Waals surface area contributed by atoms with Crippen LogP contribution in [0.4, 0.5) is 0 Å². The highest BCUT2D eigenvalue weighted by Gasteiger charge is 2.51. The summed E-state index contributed by atoms with van der Waals surface area (Å²) in [4.78, 5) is 39.0. The van der Waals surface area contributed by atoms with Gasteiger partial charge in [0.25, 0.3) is 0 Å². The zero-order valence-electron chi connectivity index (χ0n) is 18.6. The van der Waals surface area contributed by atoms with Crippen LogP contribution in [0.1, 0.15) is 38.2 Å². The van der Waals surface area contributed by atoms with E-state index in [1.807, 2.05) is 11.8 Å². The molecule has 0 aliphatic carbocycles. The minimum absolute atomic E-state index is 0.0529. The summed E-state index contributed by atoms with van der Waals surface area (Å²) >= 11 is 0. The number of nitrogens with one attached hydrogen (secondary N) is 1. The predicted molar refractivity (Wildman–Crippen MR) is 113 cm³/mol. The standard InChI is InChI=1S/C22H33N5O4/c1-14(13-30-2)25-21(29)20-17-7-16(18-5-4-6-19(28)27(18)20)11-26(12-17)10-15-8-23-22(31-3)24-9-15/h8-9,14,16-18,20H,4-7,10-13H2,1-3H3,(H,25,29)/t14-,16+,17-,18-,20+/m0/s1. The number of aromatic nitrogens is 2. The first-order valence-corrected chi connectivity index (χ1v) is 11.2. The third-order valence-electron chi connectivity index (χ3n) is 6.76. The fraction of sp³-hybridized carbons (Fsp3) is 0.727. The molecular weight excluding hydrogens is 398 g/mol. The summed E-state index contributed by atoms with van der Waals surface area (Å²) in [5.74, 6) is 0.582. The molecule has 1 aromatic rings. The van der Waals surface area contributed by atoms with E-state index in [9.17, 15) is 9.59 Å². The van der Waals surface area contributed by atoms with Crippen LogP contribution < -0.4 is 10.1 Å². The average molecular weight is 432 g/mol. The van der Waals surface area contributed by atoms with Gasteiger partial charge in [0, 0.05) is 69.1 Å². The number of hydrogen-bond donors (Lipinski definition) is 1. The van der Waals surface area contributed by atoms with Gasteiger partial charge in [-0.15, -0.1) is 0 Å². The van der Waals surface area contributed by atoms with Gasteiger partial charge in [0.15, 0.2) is 0 Å². The summed E-state index contributed by atoms with van der Waals surface area (Å²) in [7, 11) is 3.18. The normalized spacial score (nSPS) is 29.3. The molecule has 0 saturated carbocycles. The molecule has 170 valence electrons. The number of likely N-dealkylation sites (tertiary alicyclic amines) is 1. The summed E-state index contributed by atoms with van der Waals surface area (Å²) in [6.07, 6.45) is 7.00. The summed E-state index contributed by atoms with van der Waals surface area (Å²) in [5.41, 5.74) is 1.02. The molecule has 5 atom stereocenters. The van der Waals surface area contributed by atoms with E-state index in [4.69, 9.17) is 9.47 Å². The second kappa shape index (κ2) is 9.48. The fourth-order valence-electron chi connectivity index (χ4n) is 5.63. The van der Waals surface area contributed by atoms with E-state index in [2.05, 4.69) is 20.2 Å². The highest BCUT2D eigenvalue weighted by molar-refractivity contribution is 5.89. The number of nitrogens with zero attached hydrogens (tertiary/aromatic N) is 4. The van der Waals surface area contributed by atoms with Crippen LogP contribution in [0.15, 0.2) is 12.4 Å². The van der Waals surface area contributed by atoms with Crippen molar-refractivity contribution in [2.24, 2.45) is 11.8 Å². The first-order chi connectivity index (χ1) is 15.0. The van der Waals surface area contributed by atoms with Gasteiger partial charge in [-0.25, -0.2) is 9.97 Å². The highest BCUT2D eigenvalue weighted by Crippen LogP contribution is 2.42. The Morgan fingerprint density at radius 3 is 2.71 bits per heavy atom. The number of hydrogen-bond acceptors (Lipinski definition) is 7. The molecule has 2 bridgehead atoms. The van der Waals surface area contributed by atoms with E-state index in [0.29, 0.717) is 25.0 Å². The minimum atomic E-state index is -0.414. The van der Waals surface area contributed by atoms with Crippen molar-refractivity contribution in [1.82, 2.24) is 25.1 Å². The van der Waals surface area contributed by atoms with E-state index in [0.717, 1.165) is 44.5 Å². The van der Waals surface area contributed by atoms with Gasteiger partial charge >= 0.3 is 6.01 Å². The molecule has 4 heterocycles. The zero-order chi connectivity index (χ0) is 22.0. The molecule has 2 amide bonds. The summed E-state index contributed by atoms with van der Waals surface area (Å²) in [6.45, 7) is 4.80. The van der Waals surface area contributed by atoms with E-state index in [1.54, 1.807) is 26.6 Å². The Labute approximate surface area is 183 Å². The van der Waals surface area contributed by atoms with Crippen molar-refractivity contribution in [1.29, 1.82) is 0 Å². The lowest BCUT2D eigenvalue weighted by Crippen LogP contribution is -2.68. The summed E-state index contributed by atoms with van der Waals surface area (Å²) in [5, 5.41) is 3.07. The Balaban J connectivity index is 1.53. The van der Waals surface area contributed by atoms with Gasteiger partial charge in [-0.2, -0.15) is 0 Å². The molecule has 3 aliphatic heterocycles. The Morgan fingerprint density at radius 1 is 1.26 bits per heavy atom. The van der Waals surface area contributed by atoms with Crippen molar-refractivity contribution in [3.05, 3.63) is 18.0 Å².